The summed E-state index contributed by atoms with van der Waals surface area (Å²) in [6.45, 7) is 7.12. The second-order valence-electron chi connectivity index (χ2n) is 9.25. The van der Waals surface area contributed by atoms with Crippen LogP contribution in [0.1, 0.15) is 43.1 Å². The molecule has 0 fully saturated rings. The van der Waals surface area contributed by atoms with E-state index in [1.807, 2.05) is 44.3 Å². The van der Waals surface area contributed by atoms with Crippen LogP contribution in [0.4, 0.5) is 17.6 Å². The van der Waals surface area contributed by atoms with Crippen LogP contribution in [0.3, 0.4) is 0 Å². The fourth-order valence-corrected chi connectivity index (χ4v) is 4.39. The summed E-state index contributed by atoms with van der Waals surface area (Å²) in [5, 5.41) is 7.24. The molecule has 2 aromatic carbocycles. The quantitative estimate of drug-likeness (QED) is 0.389. The highest BCUT2D eigenvalue weighted by molar-refractivity contribution is 5.84. The zero-order valence-electron chi connectivity index (χ0n) is 20.4. The lowest BCUT2D eigenvalue weighted by molar-refractivity contribution is -0.174. The SMILES string of the molecule is Cc1ccc(C)c([C@@H](Oc2ccc3c(cnn3C3=CC=C(F)CC3C)c2)[C@H](C)NC(=O)C(F)(F)F)c1. The van der Waals surface area contributed by atoms with Gasteiger partial charge in [-0.15, -0.1) is 0 Å². The van der Waals surface area contributed by atoms with Crippen molar-refractivity contribution in [2.45, 2.75) is 52.4 Å². The van der Waals surface area contributed by atoms with E-state index in [4.69, 9.17) is 4.74 Å². The summed E-state index contributed by atoms with van der Waals surface area (Å²) in [5.41, 5.74) is 4.06. The number of ether oxygens (including phenoxy) is 1. The summed E-state index contributed by atoms with van der Waals surface area (Å²) >= 11 is 0. The van der Waals surface area contributed by atoms with E-state index < -0.39 is 24.2 Å². The van der Waals surface area contributed by atoms with Gasteiger partial charge in [0.25, 0.3) is 0 Å². The average Bonchev–Trinajstić information content (AvgIpc) is 3.21. The molecule has 0 radical (unpaired) electrons. The summed E-state index contributed by atoms with van der Waals surface area (Å²) < 4.78 is 60.4. The highest BCUT2D eigenvalue weighted by atomic mass is 19.4. The van der Waals surface area contributed by atoms with E-state index in [9.17, 15) is 22.4 Å². The first-order valence-electron chi connectivity index (χ1n) is 11.6. The topological polar surface area (TPSA) is 56.1 Å². The molecule has 3 atom stereocenters. The van der Waals surface area contributed by atoms with Crippen LogP contribution in [0.15, 0.2) is 60.6 Å². The molecule has 1 aliphatic carbocycles. The molecule has 1 unspecified atom stereocenters. The van der Waals surface area contributed by atoms with E-state index in [2.05, 4.69) is 5.10 Å². The third kappa shape index (κ3) is 5.29. The van der Waals surface area contributed by atoms with Crippen LogP contribution in [0.2, 0.25) is 0 Å². The molecule has 4 rings (SSSR count). The fraction of sp³-hybridized carbons (Fsp3) is 0.333. The van der Waals surface area contributed by atoms with Gasteiger partial charge in [-0.3, -0.25) is 4.79 Å². The Labute approximate surface area is 206 Å². The molecule has 190 valence electrons. The van der Waals surface area contributed by atoms with E-state index in [0.29, 0.717) is 17.7 Å². The van der Waals surface area contributed by atoms with Crippen LogP contribution in [-0.4, -0.2) is 27.9 Å². The number of alkyl halides is 3. The number of amides is 1. The number of nitrogens with one attached hydrogen (secondary N) is 1. The highest BCUT2D eigenvalue weighted by Crippen LogP contribution is 2.34. The Morgan fingerprint density at radius 2 is 1.92 bits per heavy atom. The monoisotopic (exact) mass is 501 g/mol. The number of hydrogen-bond donors (Lipinski definition) is 1. The lowest BCUT2D eigenvalue weighted by Gasteiger charge is -2.28. The Hall–Kier alpha value is -3.62. The van der Waals surface area contributed by atoms with Crippen LogP contribution >= 0.6 is 0 Å². The number of nitrogens with zero attached hydrogens (tertiary/aromatic N) is 2. The van der Waals surface area contributed by atoms with Gasteiger partial charge in [0.1, 0.15) is 17.7 Å². The molecule has 1 N–H and O–H groups in total. The van der Waals surface area contributed by atoms with Crippen molar-refractivity contribution < 1.29 is 27.1 Å². The van der Waals surface area contributed by atoms with Crippen LogP contribution in [-0.2, 0) is 4.79 Å². The Balaban J connectivity index is 1.67. The maximum absolute atomic E-state index is 13.6. The van der Waals surface area contributed by atoms with Crippen molar-refractivity contribution >= 4 is 22.5 Å². The molecule has 0 saturated heterocycles. The second-order valence-corrected chi connectivity index (χ2v) is 9.25. The molecule has 1 heterocycles. The van der Waals surface area contributed by atoms with Gasteiger partial charge in [-0.25, -0.2) is 9.07 Å². The summed E-state index contributed by atoms with van der Waals surface area (Å²) in [4.78, 5) is 11.7. The Kier molecular flexibility index (Phi) is 6.93. The van der Waals surface area contributed by atoms with Gasteiger partial charge in [0, 0.05) is 23.4 Å². The fourth-order valence-electron chi connectivity index (χ4n) is 4.39. The molecular formula is C27H27F4N3O2. The van der Waals surface area contributed by atoms with Gasteiger partial charge in [0.05, 0.1) is 17.8 Å². The molecule has 0 aliphatic heterocycles. The molecule has 9 heteroatoms. The number of hydrogen-bond acceptors (Lipinski definition) is 3. The number of aryl methyl sites for hydroxylation is 2. The maximum Gasteiger partial charge on any atom is 0.471 e. The number of allylic oxidation sites excluding steroid dienone is 4. The molecule has 0 bridgehead atoms. The number of rotatable bonds is 6. The van der Waals surface area contributed by atoms with E-state index in [1.54, 1.807) is 35.2 Å². The largest absolute Gasteiger partial charge is 0.484 e. The Morgan fingerprint density at radius 1 is 1.17 bits per heavy atom. The predicted molar refractivity (Wildman–Crippen MR) is 130 cm³/mol. The average molecular weight is 502 g/mol. The van der Waals surface area contributed by atoms with Crippen LogP contribution in [0.5, 0.6) is 5.75 Å². The van der Waals surface area contributed by atoms with E-state index in [-0.39, 0.29) is 11.7 Å². The lowest BCUT2D eigenvalue weighted by atomic mass is 9.96. The second kappa shape index (κ2) is 9.79. The van der Waals surface area contributed by atoms with Gasteiger partial charge < -0.3 is 10.1 Å². The van der Waals surface area contributed by atoms with Crippen molar-refractivity contribution in [1.82, 2.24) is 15.1 Å². The van der Waals surface area contributed by atoms with Crippen molar-refractivity contribution in [3.8, 4) is 5.75 Å². The van der Waals surface area contributed by atoms with Crippen LogP contribution in [0.25, 0.3) is 16.6 Å². The predicted octanol–water partition coefficient (Wildman–Crippen LogP) is 6.57. The van der Waals surface area contributed by atoms with Crippen molar-refractivity contribution in [1.29, 1.82) is 0 Å². The molecule has 0 spiro atoms. The molecule has 1 amide bonds. The minimum atomic E-state index is -5.00. The standard InChI is InChI=1S/C27H27F4N3O2/c1-15-5-6-16(2)22(11-15)25(18(4)33-26(35)27(29,30)31)36-21-8-10-24-19(13-21)14-32-34(24)23-9-7-20(28)12-17(23)3/h5-11,13-14,17-18,25H,12H2,1-4H3,(H,33,35)/t17?,18-,25-/m0/s1. The Bertz CT molecular complexity index is 1360. The number of carbonyl (C=O) groups excluding carboxylic acids is 1. The minimum absolute atomic E-state index is 0.0548. The molecule has 36 heavy (non-hydrogen) atoms. The normalized spacial score (nSPS) is 17.8. The highest BCUT2D eigenvalue weighted by Gasteiger charge is 2.40. The van der Waals surface area contributed by atoms with Gasteiger partial charge in [-0.1, -0.05) is 30.7 Å². The molecule has 1 aromatic heterocycles. The third-order valence-electron chi connectivity index (χ3n) is 6.30. The zero-order valence-corrected chi connectivity index (χ0v) is 20.4. The molecule has 0 saturated carbocycles. The van der Waals surface area contributed by atoms with Crippen molar-refractivity contribution in [2.24, 2.45) is 5.92 Å². The van der Waals surface area contributed by atoms with E-state index >= 15 is 0 Å². The van der Waals surface area contributed by atoms with Gasteiger partial charge >= 0.3 is 12.1 Å². The van der Waals surface area contributed by atoms with Gasteiger partial charge in [0.2, 0.25) is 0 Å². The first kappa shape index (κ1) is 25.5. The van der Waals surface area contributed by atoms with Gasteiger partial charge in [0.15, 0.2) is 0 Å². The van der Waals surface area contributed by atoms with E-state index in [1.165, 1.54) is 13.0 Å². The number of halogens is 4. The number of benzene rings is 2. The van der Waals surface area contributed by atoms with Gasteiger partial charge in [-0.05, 0) is 62.2 Å². The van der Waals surface area contributed by atoms with Gasteiger partial charge in [-0.2, -0.15) is 18.3 Å². The first-order chi connectivity index (χ1) is 16.9. The summed E-state index contributed by atoms with van der Waals surface area (Å²) in [7, 11) is 0. The molecule has 1 aliphatic rings. The summed E-state index contributed by atoms with van der Waals surface area (Å²) in [5.74, 6) is -1.84. The summed E-state index contributed by atoms with van der Waals surface area (Å²) in [6.07, 6.45) is -0.775. The minimum Gasteiger partial charge on any atom is -0.484 e. The molecule has 3 aromatic rings. The maximum atomic E-state index is 13.6. The summed E-state index contributed by atoms with van der Waals surface area (Å²) in [6, 6.07) is 9.89. The smallest absolute Gasteiger partial charge is 0.471 e. The van der Waals surface area contributed by atoms with Crippen LogP contribution < -0.4 is 10.1 Å². The molecular weight excluding hydrogens is 474 g/mol. The first-order valence-corrected chi connectivity index (χ1v) is 11.6. The number of carbonyl (C=O) groups is 1. The number of fused-ring (bicyclic) bond motifs is 1. The third-order valence-corrected chi connectivity index (χ3v) is 6.30. The van der Waals surface area contributed by atoms with Crippen molar-refractivity contribution in [3.05, 3.63) is 77.3 Å². The lowest BCUT2D eigenvalue weighted by Crippen LogP contribution is -2.45. The van der Waals surface area contributed by atoms with E-state index in [0.717, 1.165) is 27.7 Å². The molecule has 5 nitrogen and oxygen atoms in total. The zero-order chi connectivity index (χ0) is 26.2. The number of aromatic nitrogens is 2. The van der Waals surface area contributed by atoms with Crippen molar-refractivity contribution in [2.75, 3.05) is 0 Å². The van der Waals surface area contributed by atoms with Crippen molar-refractivity contribution in [3.63, 3.8) is 0 Å². The van der Waals surface area contributed by atoms with Crippen LogP contribution in [0, 0.1) is 19.8 Å². The Morgan fingerprint density at radius 3 is 2.61 bits per heavy atom.